The van der Waals surface area contributed by atoms with Crippen LogP contribution >= 0.6 is 11.3 Å². The van der Waals surface area contributed by atoms with Crippen LogP contribution in [0.3, 0.4) is 0 Å². The summed E-state index contributed by atoms with van der Waals surface area (Å²) in [6.45, 7) is 4.29. The molecule has 2 amide bonds. The summed E-state index contributed by atoms with van der Waals surface area (Å²) >= 11 is 1.82. The second kappa shape index (κ2) is 7.72. The zero-order valence-corrected chi connectivity index (χ0v) is 16.3. The fourth-order valence-electron chi connectivity index (χ4n) is 3.64. The van der Waals surface area contributed by atoms with Gasteiger partial charge in [0, 0.05) is 36.9 Å². The van der Waals surface area contributed by atoms with Crippen molar-refractivity contribution < 1.29 is 9.59 Å². The van der Waals surface area contributed by atoms with Gasteiger partial charge in [0.2, 0.25) is 11.8 Å². The standard InChI is InChI=1S/C21H25N3O2S/c1-14-12-16(14)21(26)22-9-6-20(25)23-17-4-2-3-5-18(17)24-10-7-19-15(13-24)8-11-27-19/h2-5,8,11,14,16H,6-7,9-10,12-13H2,1H3,(H,22,26)(H,23,25)/t14-,16+/m1/s1. The van der Waals surface area contributed by atoms with Gasteiger partial charge in [0.25, 0.3) is 0 Å². The molecule has 1 saturated carbocycles. The largest absolute Gasteiger partial charge is 0.365 e. The van der Waals surface area contributed by atoms with Gasteiger partial charge in [-0.15, -0.1) is 11.3 Å². The van der Waals surface area contributed by atoms with Gasteiger partial charge in [-0.1, -0.05) is 19.1 Å². The van der Waals surface area contributed by atoms with Crippen LogP contribution in [-0.4, -0.2) is 24.9 Å². The van der Waals surface area contributed by atoms with Crippen LogP contribution in [0.2, 0.25) is 0 Å². The molecule has 0 unspecified atom stereocenters. The minimum Gasteiger partial charge on any atom is -0.365 e. The van der Waals surface area contributed by atoms with Gasteiger partial charge in [0.15, 0.2) is 0 Å². The van der Waals surface area contributed by atoms with Crippen LogP contribution in [0, 0.1) is 11.8 Å². The van der Waals surface area contributed by atoms with Gasteiger partial charge in [-0.2, -0.15) is 0 Å². The first kappa shape index (κ1) is 18.0. The Morgan fingerprint density at radius 3 is 2.89 bits per heavy atom. The number of hydrogen-bond donors (Lipinski definition) is 2. The van der Waals surface area contributed by atoms with Crippen LogP contribution in [0.15, 0.2) is 35.7 Å². The molecule has 2 aliphatic rings. The van der Waals surface area contributed by atoms with E-state index in [-0.39, 0.29) is 24.2 Å². The number of rotatable bonds is 6. The van der Waals surface area contributed by atoms with Gasteiger partial charge in [-0.25, -0.2) is 0 Å². The van der Waals surface area contributed by atoms with E-state index >= 15 is 0 Å². The summed E-state index contributed by atoms with van der Waals surface area (Å²) in [7, 11) is 0. The molecule has 1 fully saturated rings. The number of benzene rings is 1. The zero-order chi connectivity index (χ0) is 18.8. The molecule has 1 aliphatic carbocycles. The Balaban J connectivity index is 1.34. The molecule has 2 aromatic rings. The molecule has 5 nitrogen and oxygen atoms in total. The molecule has 1 aromatic heterocycles. The van der Waals surface area contributed by atoms with Crippen molar-refractivity contribution in [1.82, 2.24) is 5.32 Å². The van der Waals surface area contributed by atoms with E-state index in [1.807, 2.05) is 29.5 Å². The molecule has 6 heteroatoms. The highest BCUT2D eigenvalue weighted by Gasteiger charge is 2.38. The average Bonchev–Trinajstić information content (AvgIpc) is 3.22. The SMILES string of the molecule is C[C@@H]1C[C@@H]1C(=O)NCCC(=O)Nc1ccccc1N1CCc2sccc2C1. The van der Waals surface area contributed by atoms with Crippen molar-refractivity contribution in [3.63, 3.8) is 0 Å². The lowest BCUT2D eigenvalue weighted by molar-refractivity contribution is -0.122. The Morgan fingerprint density at radius 2 is 2.07 bits per heavy atom. The Hall–Kier alpha value is -2.34. The number of anilines is 2. The summed E-state index contributed by atoms with van der Waals surface area (Å²) in [6.07, 6.45) is 2.30. The number of carbonyl (C=O) groups excluding carboxylic acids is 2. The summed E-state index contributed by atoms with van der Waals surface area (Å²) < 4.78 is 0. The summed E-state index contributed by atoms with van der Waals surface area (Å²) in [5.74, 6) is 0.643. The number of amides is 2. The van der Waals surface area contributed by atoms with Crippen LogP contribution in [0.5, 0.6) is 0 Å². The number of hydrogen-bond acceptors (Lipinski definition) is 4. The zero-order valence-electron chi connectivity index (χ0n) is 15.5. The maximum Gasteiger partial charge on any atom is 0.226 e. The highest BCUT2D eigenvalue weighted by atomic mass is 32.1. The highest BCUT2D eigenvalue weighted by Crippen LogP contribution is 2.37. The molecule has 2 heterocycles. The molecule has 27 heavy (non-hydrogen) atoms. The second-order valence-corrected chi connectivity index (χ2v) is 8.47. The molecule has 2 N–H and O–H groups in total. The second-order valence-electron chi connectivity index (χ2n) is 7.47. The topological polar surface area (TPSA) is 61.4 Å². The minimum absolute atomic E-state index is 0.0696. The van der Waals surface area contributed by atoms with Crippen LogP contribution < -0.4 is 15.5 Å². The number of thiophene rings is 1. The Kier molecular flexibility index (Phi) is 5.16. The lowest BCUT2D eigenvalue weighted by atomic mass is 10.1. The predicted octanol–water partition coefficient (Wildman–Crippen LogP) is 3.41. The number of nitrogens with zero attached hydrogens (tertiary/aromatic N) is 1. The first-order valence-corrected chi connectivity index (χ1v) is 10.5. The van der Waals surface area contributed by atoms with E-state index in [1.54, 1.807) is 0 Å². The Labute approximate surface area is 163 Å². The average molecular weight is 384 g/mol. The van der Waals surface area contributed by atoms with Crippen molar-refractivity contribution in [2.45, 2.75) is 32.7 Å². The van der Waals surface area contributed by atoms with Crippen molar-refractivity contribution in [1.29, 1.82) is 0 Å². The molecule has 0 saturated heterocycles. The summed E-state index contributed by atoms with van der Waals surface area (Å²) in [5, 5.41) is 8.04. The van der Waals surface area contributed by atoms with Crippen molar-refractivity contribution in [2.24, 2.45) is 11.8 Å². The molecule has 0 spiro atoms. The van der Waals surface area contributed by atoms with Gasteiger partial charge in [-0.3, -0.25) is 9.59 Å². The number of para-hydroxylation sites is 2. The predicted molar refractivity (Wildman–Crippen MR) is 109 cm³/mol. The van der Waals surface area contributed by atoms with Crippen molar-refractivity contribution in [2.75, 3.05) is 23.3 Å². The lowest BCUT2D eigenvalue weighted by Gasteiger charge is -2.30. The fraction of sp³-hybridized carbons (Fsp3) is 0.429. The molecule has 142 valence electrons. The van der Waals surface area contributed by atoms with E-state index < -0.39 is 0 Å². The van der Waals surface area contributed by atoms with Gasteiger partial charge in [0.1, 0.15) is 0 Å². The number of carbonyl (C=O) groups is 2. The van der Waals surface area contributed by atoms with Crippen molar-refractivity contribution in [3.05, 3.63) is 46.2 Å². The fourth-order valence-corrected chi connectivity index (χ4v) is 4.53. The van der Waals surface area contributed by atoms with E-state index in [0.29, 0.717) is 12.5 Å². The summed E-state index contributed by atoms with van der Waals surface area (Å²) in [4.78, 5) is 28.0. The minimum atomic E-state index is -0.0696. The molecule has 0 radical (unpaired) electrons. The smallest absolute Gasteiger partial charge is 0.226 e. The van der Waals surface area contributed by atoms with Gasteiger partial charge in [0.05, 0.1) is 11.4 Å². The van der Waals surface area contributed by atoms with E-state index in [2.05, 4.69) is 40.0 Å². The maximum absolute atomic E-state index is 12.4. The van der Waals surface area contributed by atoms with Gasteiger partial charge in [-0.05, 0) is 47.9 Å². The van der Waals surface area contributed by atoms with Crippen LogP contribution in [0.4, 0.5) is 11.4 Å². The van der Waals surface area contributed by atoms with E-state index in [4.69, 9.17) is 0 Å². The normalized spacial score (nSPS) is 20.7. The quantitative estimate of drug-likeness (QED) is 0.804. The monoisotopic (exact) mass is 383 g/mol. The molecular weight excluding hydrogens is 358 g/mol. The number of nitrogens with one attached hydrogen (secondary N) is 2. The molecule has 0 bridgehead atoms. The highest BCUT2D eigenvalue weighted by molar-refractivity contribution is 7.10. The number of fused-ring (bicyclic) bond motifs is 1. The van der Waals surface area contributed by atoms with E-state index in [0.717, 1.165) is 37.3 Å². The first-order chi connectivity index (χ1) is 13.1. The molecular formula is C21H25N3O2S. The third kappa shape index (κ3) is 4.16. The van der Waals surface area contributed by atoms with Gasteiger partial charge >= 0.3 is 0 Å². The molecule has 2 atom stereocenters. The molecule has 1 aliphatic heterocycles. The molecule has 4 rings (SSSR count). The summed E-state index contributed by atoms with van der Waals surface area (Å²) in [5.41, 5.74) is 3.27. The van der Waals surface area contributed by atoms with Crippen LogP contribution in [-0.2, 0) is 22.6 Å². The molecule has 1 aromatic carbocycles. The van der Waals surface area contributed by atoms with E-state index in [9.17, 15) is 9.59 Å². The Bertz CT molecular complexity index is 847. The lowest BCUT2D eigenvalue weighted by Crippen LogP contribution is -2.31. The van der Waals surface area contributed by atoms with E-state index in [1.165, 1.54) is 10.4 Å². The van der Waals surface area contributed by atoms with Crippen molar-refractivity contribution in [3.8, 4) is 0 Å². The van der Waals surface area contributed by atoms with Crippen LogP contribution in [0.1, 0.15) is 30.2 Å². The van der Waals surface area contributed by atoms with Gasteiger partial charge < -0.3 is 15.5 Å². The first-order valence-electron chi connectivity index (χ1n) is 9.58. The third-order valence-electron chi connectivity index (χ3n) is 5.42. The Morgan fingerprint density at radius 1 is 1.26 bits per heavy atom. The van der Waals surface area contributed by atoms with Crippen LogP contribution in [0.25, 0.3) is 0 Å². The third-order valence-corrected chi connectivity index (χ3v) is 6.45. The summed E-state index contributed by atoms with van der Waals surface area (Å²) in [6, 6.07) is 10.1. The maximum atomic E-state index is 12.4. The van der Waals surface area contributed by atoms with Crippen molar-refractivity contribution >= 4 is 34.5 Å².